The normalized spacial score (nSPS) is 13.4. The van der Waals surface area contributed by atoms with Gasteiger partial charge in [-0.25, -0.2) is 4.57 Å². The van der Waals surface area contributed by atoms with Crippen molar-refractivity contribution in [2.75, 3.05) is 33.0 Å². The van der Waals surface area contributed by atoms with Gasteiger partial charge in [-0.3, -0.25) is 13.8 Å². The summed E-state index contributed by atoms with van der Waals surface area (Å²) in [4.78, 5) is 22.6. The molecule has 8 nitrogen and oxygen atoms in total. The first-order valence-corrected chi connectivity index (χ1v) is 29.3. The number of allylic oxidation sites excluding steroid dienone is 4. The monoisotopic (exact) mass is 926 g/mol. The molecule has 0 aliphatic heterocycles. The van der Waals surface area contributed by atoms with Gasteiger partial charge in [0.2, 0.25) is 0 Å². The molecule has 0 heterocycles. The van der Waals surface area contributed by atoms with Crippen molar-refractivity contribution in [1.82, 2.24) is 0 Å². The summed E-state index contributed by atoms with van der Waals surface area (Å²) >= 11 is 0. The van der Waals surface area contributed by atoms with Crippen LogP contribution in [0, 0.1) is 0 Å². The van der Waals surface area contributed by atoms with Crippen LogP contribution < -0.4 is 5.73 Å². The third-order valence-electron chi connectivity index (χ3n) is 12.4. The van der Waals surface area contributed by atoms with Gasteiger partial charge >= 0.3 is 13.8 Å². The molecule has 0 spiro atoms. The van der Waals surface area contributed by atoms with Crippen LogP contribution in [-0.2, 0) is 27.9 Å². The number of hydrogen-bond donors (Lipinski definition) is 2. The highest BCUT2D eigenvalue weighted by molar-refractivity contribution is 7.47. The molecule has 0 amide bonds. The Balaban J connectivity index is 3.87. The van der Waals surface area contributed by atoms with E-state index in [4.69, 9.17) is 24.3 Å². The van der Waals surface area contributed by atoms with Gasteiger partial charge in [0.15, 0.2) is 0 Å². The van der Waals surface area contributed by atoms with Crippen LogP contribution in [0.25, 0.3) is 0 Å². The smallest absolute Gasteiger partial charge is 0.457 e. The summed E-state index contributed by atoms with van der Waals surface area (Å²) in [6.07, 6.45) is 62.2. The van der Waals surface area contributed by atoms with Crippen molar-refractivity contribution in [3.63, 3.8) is 0 Å². The van der Waals surface area contributed by atoms with Crippen molar-refractivity contribution >= 4 is 13.8 Å². The van der Waals surface area contributed by atoms with Crippen LogP contribution in [0.5, 0.6) is 0 Å². The standard InChI is InChI=1S/C55H108NO7P/c1-3-5-7-9-11-13-15-17-19-21-23-25-27-28-30-32-34-36-38-40-42-44-46-48-55(57)63-54(53-62-64(58,59)61-51-49-56)52-60-50-47-45-43-41-39-37-35-33-31-29-26-24-22-20-18-16-14-12-10-8-6-4-2/h16,18,22,24,54H,3-15,17,19-21,23,25-53,56H2,1-2H3,(H,58,59)/b18-16-,24-22-. The predicted octanol–water partition coefficient (Wildman–Crippen LogP) is 17.5. The van der Waals surface area contributed by atoms with Crippen molar-refractivity contribution < 1.29 is 32.8 Å². The number of unbranched alkanes of at least 4 members (excludes halogenated alkanes) is 37. The molecule has 0 aliphatic rings. The van der Waals surface area contributed by atoms with E-state index in [9.17, 15) is 14.3 Å². The summed E-state index contributed by atoms with van der Waals surface area (Å²) in [5.41, 5.74) is 5.40. The van der Waals surface area contributed by atoms with Gasteiger partial charge in [-0.1, -0.05) is 256 Å². The predicted molar refractivity (Wildman–Crippen MR) is 275 cm³/mol. The summed E-state index contributed by atoms with van der Waals surface area (Å²) in [7, 11) is -4.28. The van der Waals surface area contributed by atoms with Gasteiger partial charge in [0.05, 0.1) is 19.8 Å². The highest BCUT2D eigenvalue weighted by Crippen LogP contribution is 2.43. The fourth-order valence-electron chi connectivity index (χ4n) is 8.27. The number of esters is 1. The molecule has 0 aliphatic carbocycles. The van der Waals surface area contributed by atoms with E-state index >= 15 is 0 Å². The van der Waals surface area contributed by atoms with Gasteiger partial charge in [-0.05, 0) is 44.9 Å². The molecule has 0 aromatic rings. The molecule has 64 heavy (non-hydrogen) atoms. The van der Waals surface area contributed by atoms with Gasteiger partial charge in [0, 0.05) is 19.6 Å². The number of ether oxygens (including phenoxy) is 2. The van der Waals surface area contributed by atoms with E-state index in [0.717, 1.165) is 38.5 Å². The van der Waals surface area contributed by atoms with Gasteiger partial charge in [-0.2, -0.15) is 0 Å². The number of rotatable bonds is 54. The van der Waals surface area contributed by atoms with Crippen LogP contribution in [0.15, 0.2) is 24.3 Å². The number of hydrogen-bond acceptors (Lipinski definition) is 7. The maximum atomic E-state index is 12.7. The Morgan fingerprint density at radius 1 is 0.469 bits per heavy atom. The van der Waals surface area contributed by atoms with Crippen molar-refractivity contribution in [3.05, 3.63) is 24.3 Å². The molecule has 0 radical (unpaired) electrons. The second-order valence-electron chi connectivity index (χ2n) is 18.8. The van der Waals surface area contributed by atoms with Crippen LogP contribution in [0.3, 0.4) is 0 Å². The molecule has 0 saturated carbocycles. The molecule has 0 aromatic heterocycles. The van der Waals surface area contributed by atoms with Crippen LogP contribution in [0.4, 0.5) is 0 Å². The number of nitrogens with two attached hydrogens (primary N) is 1. The highest BCUT2D eigenvalue weighted by atomic mass is 31.2. The van der Waals surface area contributed by atoms with Crippen LogP contribution in [0.2, 0.25) is 0 Å². The summed E-state index contributed by atoms with van der Waals surface area (Å²) < 4.78 is 33.7. The first-order chi connectivity index (χ1) is 31.4. The molecule has 380 valence electrons. The van der Waals surface area contributed by atoms with Gasteiger partial charge in [-0.15, -0.1) is 0 Å². The van der Waals surface area contributed by atoms with Crippen molar-refractivity contribution in [1.29, 1.82) is 0 Å². The van der Waals surface area contributed by atoms with Gasteiger partial charge in [0.25, 0.3) is 0 Å². The van der Waals surface area contributed by atoms with Crippen molar-refractivity contribution in [2.24, 2.45) is 5.73 Å². The maximum Gasteiger partial charge on any atom is 0.472 e. The molecule has 0 rings (SSSR count). The van der Waals surface area contributed by atoms with E-state index in [-0.39, 0.29) is 32.3 Å². The Morgan fingerprint density at radius 3 is 1.22 bits per heavy atom. The van der Waals surface area contributed by atoms with Gasteiger partial charge < -0.3 is 20.1 Å². The van der Waals surface area contributed by atoms with E-state index < -0.39 is 13.9 Å². The van der Waals surface area contributed by atoms with E-state index in [0.29, 0.717) is 13.0 Å². The Morgan fingerprint density at radius 2 is 0.828 bits per heavy atom. The molecule has 2 unspecified atom stereocenters. The lowest BCUT2D eigenvalue weighted by molar-refractivity contribution is -0.154. The zero-order valence-corrected chi connectivity index (χ0v) is 43.4. The number of phosphoric ester groups is 1. The average Bonchev–Trinajstić information content (AvgIpc) is 3.29. The molecule has 0 fully saturated rings. The number of phosphoric acid groups is 1. The molecular formula is C55H108NO7P. The second kappa shape index (κ2) is 52.9. The third kappa shape index (κ3) is 52.0. The molecule has 0 aromatic carbocycles. The SMILES string of the molecule is CCCCCCC/C=C\C/C=C\CCCCCCCCCCCCOCC(COP(=O)(O)OCCN)OC(=O)CCCCCCCCCCCCCCCCCCCCCCCCC. The summed E-state index contributed by atoms with van der Waals surface area (Å²) in [6, 6.07) is 0. The Hall–Kier alpha value is -1.02. The third-order valence-corrected chi connectivity index (χ3v) is 13.4. The molecule has 9 heteroatoms. The van der Waals surface area contributed by atoms with E-state index in [2.05, 4.69) is 38.2 Å². The quantitative estimate of drug-likeness (QED) is 0.0268. The zero-order valence-electron chi connectivity index (χ0n) is 42.5. The first-order valence-electron chi connectivity index (χ1n) is 27.8. The second-order valence-corrected chi connectivity index (χ2v) is 20.3. The molecule has 3 N–H and O–H groups in total. The minimum atomic E-state index is -4.28. The van der Waals surface area contributed by atoms with E-state index in [1.807, 2.05) is 0 Å². The Kier molecular flexibility index (Phi) is 52.1. The lowest BCUT2D eigenvalue weighted by atomic mass is 10.0. The largest absolute Gasteiger partial charge is 0.472 e. The van der Waals surface area contributed by atoms with Gasteiger partial charge in [0.1, 0.15) is 6.10 Å². The minimum absolute atomic E-state index is 0.0933. The van der Waals surface area contributed by atoms with E-state index in [1.54, 1.807) is 0 Å². The van der Waals surface area contributed by atoms with Crippen LogP contribution in [0.1, 0.15) is 284 Å². The fourth-order valence-corrected chi connectivity index (χ4v) is 9.03. The lowest BCUT2D eigenvalue weighted by Gasteiger charge is -2.20. The van der Waals surface area contributed by atoms with Crippen molar-refractivity contribution in [2.45, 2.75) is 290 Å². The molecule has 0 saturated heterocycles. The molecular weight excluding hydrogens is 818 g/mol. The van der Waals surface area contributed by atoms with E-state index in [1.165, 1.54) is 225 Å². The minimum Gasteiger partial charge on any atom is -0.457 e. The fraction of sp³-hybridized carbons (Fsp3) is 0.909. The topological polar surface area (TPSA) is 117 Å². The Labute approximate surface area is 397 Å². The van der Waals surface area contributed by atoms with Crippen molar-refractivity contribution in [3.8, 4) is 0 Å². The molecule has 2 atom stereocenters. The summed E-state index contributed by atoms with van der Waals surface area (Å²) in [6.45, 7) is 4.97. The average molecular weight is 926 g/mol. The lowest BCUT2D eigenvalue weighted by Crippen LogP contribution is -2.28. The Bertz CT molecular complexity index is 1040. The first kappa shape index (κ1) is 63.0. The van der Waals surface area contributed by atoms with Crippen LogP contribution in [-0.4, -0.2) is 49.9 Å². The number of carbonyl (C=O) groups excluding carboxylic acids is 1. The highest BCUT2D eigenvalue weighted by Gasteiger charge is 2.25. The number of carbonyl (C=O) groups is 1. The molecule has 0 bridgehead atoms. The summed E-state index contributed by atoms with van der Waals surface area (Å²) in [5, 5.41) is 0. The zero-order chi connectivity index (χ0) is 46.5. The summed E-state index contributed by atoms with van der Waals surface area (Å²) in [5.74, 6) is -0.324. The maximum absolute atomic E-state index is 12.7. The van der Waals surface area contributed by atoms with Crippen LogP contribution >= 0.6 is 7.82 Å².